The Labute approximate surface area is 175 Å². The molecule has 0 radical (unpaired) electrons. The lowest BCUT2D eigenvalue weighted by atomic mass is 10.0. The van der Waals surface area contributed by atoms with Crippen molar-refractivity contribution in [3.63, 3.8) is 0 Å². The van der Waals surface area contributed by atoms with Crippen LogP contribution in [0.25, 0.3) is 33.8 Å². The molecule has 0 atom stereocenters. The first-order valence-electron chi connectivity index (χ1n) is 9.89. The minimum atomic E-state index is 0.823. The van der Waals surface area contributed by atoms with Gasteiger partial charge in [-0.2, -0.15) is 0 Å². The molecule has 1 aromatic heterocycles. The summed E-state index contributed by atoms with van der Waals surface area (Å²) in [6, 6.07) is 35.1. The molecule has 0 saturated carbocycles. The maximum absolute atomic E-state index is 5.32. The molecular formula is C27H20N2O. The van der Waals surface area contributed by atoms with E-state index in [4.69, 9.17) is 4.52 Å². The van der Waals surface area contributed by atoms with Gasteiger partial charge in [0.2, 0.25) is 0 Å². The number of hydrogen-bond acceptors (Lipinski definition) is 3. The van der Waals surface area contributed by atoms with E-state index in [1.165, 1.54) is 10.8 Å². The molecule has 0 bridgehead atoms. The molecule has 0 aliphatic carbocycles. The first-order valence-corrected chi connectivity index (χ1v) is 9.89. The van der Waals surface area contributed by atoms with Gasteiger partial charge < -0.3 is 9.84 Å². The van der Waals surface area contributed by atoms with Crippen molar-refractivity contribution in [1.29, 1.82) is 0 Å². The van der Waals surface area contributed by atoms with Crippen molar-refractivity contribution in [2.45, 2.75) is 0 Å². The number of aromatic nitrogens is 1. The second-order valence-electron chi connectivity index (χ2n) is 7.10. The standard InChI is InChI=1S/C27H20N2O/c1-3-10-21(11-4-1)26(28-25-16-15-20-9-7-8-14-23(20)17-25)18-24-19-30-29-27(24)22-12-5-2-6-13-22/h1-19,28H/b26-18+. The SMILES string of the molecule is C(=C(\Nc1ccc2ccccc2c1)c1ccccc1)/c1conc1-c1ccccc1. The van der Waals surface area contributed by atoms with Crippen molar-refractivity contribution in [3.05, 3.63) is 121 Å². The molecule has 0 aliphatic rings. The van der Waals surface area contributed by atoms with Crippen LogP contribution in [0.1, 0.15) is 11.1 Å². The molecule has 1 heterocycles. The fourth-order valence-corrected chi connectivity index (χ4v) is 3.55. The zero-order valence-electron chi connectivity index (χ0n) is 16.3. The largest absolute Gasteiger partial charge is 0.363 e. The van der Waals surface area contributed by atoms with Crippen molar-refractivity contribution in [3.8, 4) is 11.3 Å². The number of nitrogens with one attached hydrogen (secondary N) is 1. The molecular weight excluding hydrogens is 368 g/mol. The molecule has 5 aromatic rings. The number of nitrogens with zero attached hydrogens (tertiary/aromatic N) is 1. The molecule has 1 N–H and O–H groups in total. The summed E-state index contributed by atoms with van der Waals surface area (Å²) in [6.07, 6.45) is 3.77. The highest BCUT2D eigenvalue weighted by molar-refractivity contribution is 5.93. The number of hydrogen-bond donors (Lipinski definition) is 1. The van der Waals surface area contributed by atoms with Crippen LogP contribution in [0.4, 0.5) is 5.69 Å². The predicted octanol–water partition coefficient (Wildman–Crippen LogP) is 7.11. The van der Waals surface area contributed by atoms with Crippen LogP contribution in [-0.2, 0) is 0 Å². The Balaban J connectivity index is 1.57. The summed E-state index contributed by atoms with van der Waals surface area (Å²) < 4.78 is 5.32. The van der Waals surface area contributed by atoms with E-state index in [0.29, 0.717) is 0 Å². The highest BCUT2D eigenvalue weighted by atomic mass is 16.5. The molecule has 0 aliphatic heterocycles. The van der Waals surface area contributed by atoms with Gasteiger partial charge in [-0.05, 0) is 34.5 Å². The van der Waals surface area contributed by atoms with Crippen LogP contribution < -0.4 is 5.32 Å². The Hall–Kier alpha value is -4.11. The second-order valence-corrected chi connectivity index (χ2v) is 7.10. The Morgan fingerprint density at radius 1 is 0.733 bits per heavy atom. The lowest BCUT2D eigenvalue weighted by Gasteiger charge is -2.13. The molecule has 144 valence electrons. The van der Waals surface area contributed by atoms with Crippen LogP contribution >= 0.6 is 0 Å². The average molecular weight is 388 g/mol. The number of benzene rings is 4. The molecule has 0 saturated heterocycles. The van der Waals surface area contributed by atoms with Crippen LogP contribution in [0, 0.1) is 0 Å². The second kappa shape index (κ2) is 8.10. The summed E-state index contributed by atoms with van der Waals surface area (Å²) in [5, 5.41) is 10.2. The topological polar surface area (TPSA) is 38.1 Å². The summed E-state index contributed by atoms with van der Waals surface area (Å²) in [5.41, 5.74) is 5.87. The van der Waals surface area contributed by atoms with Gasteiger partial charge in [-0.15, -0.1) is 0 Å². The zero-order valence-corrected chi connectivity index (χ0v) is 16.3. The van der Waals surface area contributed by atoms with Crippen LogP contribution in [0.2, 0.25) is 0 Å². The van der Waals surface area contributed by atoms with Gasteiger partial charge >= 0.3 is 0 Å². The third-order valence-corrected chi connectivity index (χ3v) is 5.06. The van der Waals surface area contributed by atoms with Crippen molar-refractivity contribution in [1.82, 2.24) is 5.16 Å². The molecule has 30 heavy (non-hydrogen) atoms. The van der Waals surface area contributed by atoms with Gasteiger partial charge in [0.05, 0.1) is 0 Å². The molecule has 0 fully saturated rings. The monoisotopic (exact) mass is 388 g/mol. The van der Waals surface area contributed by atoms with Crippen molar-refractivity contribution < 1.29 is 4.52 Å². The van der Waals surface area contributed by atoms with Gasteiger partial charge in [0, 0.05) is 22.5 Å². The Bertz CT molecular complexity index is 1300. The summed E-state index contributed by atoms with van der Waals surface area (Å²) in [4.78, 5) is 0. The quantitative estimate of drug-likeness (QED) is 0.349. The molecule has 0 spiro atoms. The fourth-order valence-electron chi connectivity index (χ4n) is 3.55. The summed E-state index contributed by atoms with van der Waals surface area (Å²) in [5.74, 6) is 0. The minimum Gasteiger partial charge on any atom is -0.363 e. The third-order valence-electron chi connectivity index (χ3n) is 5.06. The smallest absolute Gasteiger partial charge is 0.131 e. The van der Waals surface area contributed by atoms with Crippen LogP contribution in [-0.4, -0.2) is 5.16 Å². The predicted molar refractivity (Wildman–Crippen MR) is 124 cm³/mol. The Kier molecular flexibility index (Phi) is 4.84. The van der Waals surface area contributed by atoms with Gasteiger partial charge in [-0.1, -0.05) is 96.2 Å². The first kappa shape index (κ1) is 18.0. The van der Waals surface area contributed by atoms with E-state index in [1.807, 2.05) is 48.5 Å². The third kappa shape index (κ3) is 3.74. The van der Waals surface area contributed by atoms with Crippen molar-refractivity contribution >= 4 is 28.2 Å². The lowest BCUT2D eigenvalue weighted by Crippen LogP contribution is -1.99. The van der Waals surface area contributed by atoms with Gasteiger partial charge in [-0.3, -0.25) is 0 Å². The minimum absolute atomic E-state index is 0.823. The summed E-state index contributed by atoms with van der Waals surface area (Å²) in [6.45, 7) is 0. The van der Waals surface area contributed by atoms with Crippen molar-refractivity contribution in [2.75, 3.05) is 5.32 Å². The highest BCUT2D eigenvalue weighted by Gasteiger charge is 2.11. The van der Waals surface area contributed by atoms with E-state index in [-0.39, 0.29) is 0 Å². The maximum atomic E-state index is 5.32. The molecule has 3 nitrogen and oxygen atoms in total. The average Bonchev–Trinajstić information content (AvgIpc) is 3.28. The van der Waals surface area contributed by atoms with E-state index in [9.17, 15) is 0 Å². The molecule has 3 heteroatoms. The number of fused-ring (bicyclic) bond motifs is 1. The van der Waals surface area contributed by atoms with E-state index >= 15 is 0 Å². The highest BCUT2D eigenvalue weighted by Crippen LogP contribution is 2.28. The lowest BCUT2D eigenvalue weighted by molar-refractivity contribution is 0.422. The number of rotatable bonds is 5. The van der Waals surface area contributed by atoms with E-state index < -0.39 is 0 Å². The summed E-state index contributed by atoms with van der Waals surface area (Å²) >= 11 is 0. The van der Waals surface area contributed by atoms with Crippen LogP contribution in [0.5, 0.6) is 0 Å². The summed E-state index contributed by atoms with van der Waals surface area (Å²) in [7, 11) is 0. The Morgan fingerprint density at radius 2 is 1.43 bits per heavy atom. The number of anilines is 1. The molecule has 5 rings (SSSR count). The van der Waals surface area contributed by atoms with Gasteiger partial charge in [0.1, 0.15) is 12.0 Å². The van der Waals surface area contributed by atoms with Crippen LogP contribution in [0.3, 0.4) is 0 Å². The zero-order chi connectivity index (χ0) is 20.2. The van der Waals surface area contributed by atoms with Gasteiger partial charge in [0.25, 0.3) is 0 Å². The Morgan fingerprint density at radius 3 is 2.23 bits per heavy atom. The molecule has 4 aromatic carbocycles. The van der Waals surface area contributed by atoms with Crippen molar-refractivity contribution in [2.24, 2.45) is 0 Å². The normalized spacial score (nSPS) is 11.5. The van der Waals surface area contributed by atoms with Crippen LogP contribution in [0.15, 0.2) is 114 Å². The van der Waals surface area contributed by atoms with Gasteiger partial charge in [0.15, 0.2) is 0 Å². The van der Waals surface area contributed by atoms with Gasteiger partial charge in [-0.25, -0.2) is 0 Å². The fraction of sp³-hybridized carbons (Fsp3) is 0. The van der Waals surface area contributed by atoms with E-state index in [1.54, 1.807) is 6.26 Å². The van der Waals surface area contributed by atoms with E-state index in [0.717, 1.165) is 33.8 Å². The first-order chi connectivity index (χ1) is 14.9. The van der Waals surface area contributed by atoms with E-state index in [2.05, 4.69) is 71.1 Å². The molecule has 0 unspecified atom stereocenters. The maximum Gasteiger partial charge on any atom is 0.131 e. The molecule has 0 amide bonds.